The Bertz CT molecular complexity index is 181. The molecule has 1 aromatic heterocycles. The largest absolute Gasteiger partial charge is 0.395 e. The lowest BCUT2D eigenvalue weighted by Crippen LogP contribution is -2.26. The Kier molecular flexibility index (Phi) is 8.74. The number of nitrogens with two attached hydrogens (primary N) is 1. The van der Waals surface area contributed by atoms with Crippen molar-refractivity contribution < 1.29 is 5.11 Å². The van der Waals surface area contributed by atoms with Gasteiger partial charge in [0, 0.05) is 24.4 Å². The van der Waals surface area contributed by atoms with Crippen LogP contribution in [0, 0.1) is 0 Å². The molecule has 0 aliphatic carbocycles. The third-order valence-corrected chi connectivity index (χ3v) is 1.27. The number of aromatic nitrogens is 2. The van der Waals surface area contributed by atoms with Crippen molar-refractivity contribution in [1.82, 2.24) is 9.97 Å². The number of nitrogens with one attached hydrogen (secondary N) is 1. The molecule has 0 radical (unpaired) electrons. The lowest BCUT2D eigenvalue weighted by molar-refractivity contribution is 0.264. The fraction of sp³-hybridized carbons (Fsp3) is 0.500. The second kappa shape index (κ2) is 7.36. The van der Waals surface area contributed by atoms with E-state index in [1.54, 1.807) is 12.5 Å². The first-order valence-electron chi connectivity index (χ1n) is 3.16. The molecule has 12 heavy (non-hydrogen) atoms. The molecule has 0 amide bonds. The minimum Gasteiger partial charge on any atom is -0.395 e. The highest BCUT2D eigenvalue weighted by Crippen LogP contribution is 1.94. The van der Waals surface area contributed by atoms with Crippen molar-refractivity contribution in [1.29, 1.82) is 0 Å². The van der Waals surface area contributed by atoms with Crippen molar-refractivity contribution >= 4 is 24.8 Å². The molecule has 72 valence electrons. The van der Waals surface area contributed by atoms with E-state index in [4.69, 9.17) is 10.8 Å². The normalized spacial score (nSPS) is 11.2. The molecule has 1 atom stereocenters. The Hall–Kier alpha value is -0.290. The van der Waals surface area contributed by atoms with Crippen molar-refractivity contribution in [2.45, 2.75) is 12.5 Å². The van der Waals surface area contributed by atoms with E-state index in [-0.39, 0.29) is 37.5 Å². The third-order valence-electron chi connectivity index (χ3n) is 1.27. The highest BCUT2D eigenvalue weighted by molar-refractivity contribution is 5.85. The van der Waals surface area contributed by atoms with Crippen LogP contribution >= 0.6 is 24.8 Å². The molecule has 0 bridgehead atoms. The Balaban J connectivity index is 0. The summed E-state index contributed by atoms with van der Waals surface area (Å²) < 4.78 is 0. The summed E-state index contributed by atoms with van der Waals surface area (Å²) in [6, 6.07) is -0.180. The molecule has 0 spiro atoms. The Morgan fingerprint density at radius 3 is 2.67 bits per heavy atom. The molecule has 1 rings (SSSR count). The summed E-state index contributed by atoms with van der Waals surface area (Å²) in [5.74, 6) is 0. The van der Waals surface area contributed by atoms with E-state index >= 15 is 0 Å². The summed E-state index contributed by atoms with van der Waals surface area (Å²) in [6.45, 7) is 0.0129. The zero-order valence-corrected chi connectivity index (χ0v) is 8.07. The van der Waals surface area contributed by atoms with Gasteiger partial charge in [-0.15, -0.1) is 24.8 Å². The van der Waals surface area contributed by atoms with Crippen LogP contribution in [-0.2, 0) is 6.42 Å². The fourth-order valence-corrected chi connectivity index (χ4v) is 0.743. The van der Waals surface area contributed by atoms with E-state index in [0.717, 1.165) is 5.69 Å². The zero-order chi connectivity index (χ0) is 7.40. The van der Waals surface area contributed by atoms with E-state index in [0.29, 0.717) is 6.42 Å². The van der Waals surface area contributed by atoms with Crippen molar-refractivity contribution in [3.63, 3.8) is 0 Å². The maximum Gasteiger partial charge on any atom is 0.0921 e. The molecular formula is C6H13Cl2N3O. The van der Waals surface area contributed by atoms with Crippen molar-refractivity contribution in [2.75, 3.05) is 6.61 Å². The Morgan fingerprint density at radius 2 is 2.25 bits per heavy atom. The lowest BCUT2D eigenvalue weighted by atomic mass is 10.2. The number of halogens is 2. The van der Waals surface area contributed by atoms with Crippen LogP contribution in [-0.4, -0.2) is 27.7 Å². The molecule has 6 heteroatoms. The standard InChI is InChI=1S/C6H11N3O.2ClH/c7-5(3-10)1-6-2-8-4-9-6;;/h2,4-5,10H,1,3,7H2,(H,8,9);2*1H/t5-;;/m0../s1. The average molecular weight is 214 g/mol. The van der Waals surface area contributed by atoms with Gasteiger partial charge < -0.3 is 15.8 Å². The summed E-state index contributed by atoms with van der Waals surface area (Å²) in [6.07, 6.45) is 3.95. The number of aliphatic hydroxyl groups excluding tert-OH is 1. The van der Waals surface area contributed by atoms with Crippen LogP contribution in [0.5, 0.6) is 0 Å². The second-order valence-corrected chi connectivity index (χ2v) is 2.22. The second-order valence-electron chi connectivity index (χ2n) is 2.22. The molecule has 0 aliphatic heterocycles. The predicted octanol–water partition coefficient (Wildman–Crippen LogP) is 0.115. The van der Waals surface area contributed by atoms with E-state index in [2.05, 4.69) is 9.97 Å². The lowest BCUT2D eigenvalue weighted by Gasteiger charge is -2.03. The van der Waals surface area contributed by atoms with Gasteiger partial charge in [-0.3, -0.25) is 0 Å². The van der Waals surface area contributed by atoms with E-state index < -0.39 is 0 Å². The molecule has 0 saturated heterocycles. The number of aromatic amines is 1. The van der Waals surface area contributed by atoms with Crippen LogP contribution in [0.3, 0.4) is 0 Å². The zero-order valence-electron chi connectivity index (χ0n) is 6.43. The maximum atomic E-state index is 8.57. The highest BCUT2D eigenvalue weighted by Gasteiger charge is 2.01. The molecule has 0 aliphatic rings. The monoisotopic (exact) mass is 213 g/mol. The molecular weight excluding hydrogens is 201 g/mol. The number of imidazole rings is 1. The fourth-order valence-electron chi connectivity index (χ4n) is 0.743. The van der Waals surface area contributed by atoms with Gasteiger partial charge in [-0.2, -0.15) is 0 Å². The van der Waals surface area contributed by atoms with Gasteiger partial charge in [0.05, 0.1) is 12.9 Å². The molecule has 1 aromatic rings. The summed E-state index contributed by atoms with van der Waals surface area (Å²) in [5, 5.41) is 8.57. The molecule has 0 saturated carbocycles. The summed E-state index contributed by atoms with van der Waals surface area (Å²) in [5.41, 5.74) is 6.43. The van der Waals surface area contributed by atoms with E-state index in [1.165, 1.54) is 0 Å². The first-order chi connectivity index (χ1) is 4.83. The van der Waals surface area contributed by atoms with Gasteiger partial charge in [-0.1, -0.05) is 0 Å². The topological polar surface area (TPSA) is 74.9 Å². The van der Waals surface area contributed by atoms with Crippen LogP contribution in [0.15, 0.2) is 12.5 Å². The summed E-state index contributed by atoms with van der Waals surface area (Å²) in [7, 11) is 0. The number of hydrogen-bond acceptors (Lipinski definition) is 3. The highest BCUT2D eigenvalue weighted by atomic mass is 35.5. The maximum absolute atomic E-state index is 8.57. The number of nitrogens with zero attached hydrogens (tertiary/aromatic N) is 1. The minimum atomic E-state index is -0.180. The van der Waals surface area contributed by atoms with Crippen LogP contribution in [0.2, 0.25) is 0 Å². The number of aliphatic hydroxyl groups is 1. The number of hydrogen-bond donors (Lipinski definition) is 3. The van der Waals surface area contributed by atoms with Crippen LogP contribution in [0.25, 0.3) is 0 Å². The smallest absolute Gasteiger partial charge is 0.0921 e. The Morgan fingerprint density at radius 1 is 1.58 bits per heavy atom. The van der Waals surface area contributed by atoms with Crippen LogP contribution in [0.1, 0.15) is 5.69 Å². The van der Waals surface area contributed by atoms with Crippen molar-refractivity contribution in [3.05, 3.63) is 18.2 Å². The van der Waals surface area contributed by atoms with Gasteiger partial charge in [-0.05, 0) is 0 Å². The number of rotatable bonds is 3. The molecule has 4 N–H and O–H groups in total. The van der Waals surface area contributed by atoms with Gasteiger partial charge in [-0.25, -0.2) is 4.98 Å². The molecule has 0 aromatic carbocycles. The summed E-state index contributed by atoms with van der Waals surface area (Å²) in [4.78, 5) is 6.72. The average Bonchev–Trinajstić information content (AvgIpc) is 2.40. The van der Waals surface area contributed by atoms with E-state index in [9.17, 15) is 0 Å². The minimum absolute atomic E-state index is 0. The Labute approximate surface area is 83.4 Å². The third kappa shape index (κ3) is 4.56. The summed E-state index contributed by atoms with van der Waals surface area (Å²) >= 11 is 0. The van der Waals surface area contributed by atoms with Gasteiger partial charge in [0.2, 0.25) is 0 Å². The first-order valence-corrected chi connectivity index (χ1v) is 3.16. The molecule has 1 heterocycles. The van der Waals surface area contributed by atoms with Crippen molar-refractivity contribution in [2.24, 2.45) is 5.73 Å². The molecule has 0 fully saturated rings. The van der Waals surface area contributed by atoms with Gasteiger partial charge in [0.15, 0.2) is 0 Å². The van der Waals surface area contributed by atoms with Crippen LogP contribution < -0.4 is 5.73 Å². The number of H-pyrrole nitrogens is 1. The molecule has 0 unspecified atom stereocenters. The van der Waals surface area contributed by atoms with Gasteiger partial charge in [0.1, 0.15) is 0 Å². The molecule has 4 nitrogen and oxygen atoms in total. The SMILES string of the molecule is Cl.Cl.N[C@H](CO)Cc1cnc[nH]1. The first kappa shape index (κ1) is 14.2. The quantitative estimate of drug-likeness (QED) is 0.668. The van der Waals surface area contributed by atoms with Crippen molar-refractivity contribution in [3.8, 4) is 0 Å². The van der Waals surface area contributed by atoms with Gasteiger partial charge >= 0.3 is 0 Å². The van der Waals surface area contributed by atoms with Crippen LogP contribution in [0.4, 0.5) is 0 Å². The predicted molar refractivity (Wildman–Crippen MR) is 51.8 cm³/mol. The van der Waals surface area contributed by atoms with E-state index in [1.807, 2.05) is 0 Å². The van der Waals surface area contributed by atoms with Gasteiger partial charge in [0.25, 0.3) is 0 Å².